The third-order valence-electron chi connectivity index (χ3n) is 4.89. The number of benzene rings is 4. The quantitative estimate of drug-likeness (QED) is 0.332. The summed E-state index contributed by atoms with van der Waals surface area (Å²) in [5.74, 6) is 0. The highest BCUT2D eigenvalue weighted by Crippen LogP contribution is 2.48. The van der Waals surface area contributed by atoms with E-state index in [0.717, 1.165) is 0 Å². The van der Waals surface area contributed by atoms with Gasteiger partial charge in [-0.25, -0.2) is 0 Å². The lowest BCUT2D eigenvalue weighted by Crippen LogP contribution is -1.82. The van der Waals surface area contributed by atoms with Crippen molar-refractivity contribution in [3.05, 3.63) is 84.4 Å². The summed E-state index contributed by atoms with van der Waals surface area (Å²) < 4.78 is 0. The second kappa shape index (κ2) is 4.57. The summed E-state index contributed by atoms with van der Waals surface area (Å²) in [5.41, 5.74) is 9.30. The number of aryl methyl sites for hydroxylation is 1. The summed E-state index contributed by atoms with van der Waals surface area (Å²) in [6.07, 6.45) is 0. The molecule has 108 valence electrons. The Labute approximate surface area is 136 Å². The molecule has 0 amide bonds. The van der Waals surface area contributed by atoms with Gasteiger partial charge >= 0.3 is 0 Å². The number of fused-ring (bicyclic) bond motifs is 3. The van der Waals surface area contributed by atoms with Gasteiger partial charge < -0.3 is 0 Å². The molecule has 0 aromatic heterocycles. The minimum absolute atomic E-state index is 1.28. The van der Waals surface area contributed by atoms with Crippen molar-refractivity contribution in [2.24, 2.45) is 0 Å². The first-order valence-corrected chi connectivity index (χ1v) is 8.05. The van der Waals surface area contributed by atoms with E-state index in [1.165, 1.54) is 49.7 Å². The molecule has 0 saturated carbocycles. The smallest absolute Gasteiger partial charge is 0.00264 e. The summed E-state index contributed by atoms with van der Waals surface area (Å²) in [5, 5.41) is 2.72. The Hall–Kier alpha value is -2.86. The van der Waals surface area contributed by atoms with Crippen molar-refractivity contribution >= 4 is 10.8 Å². The molecule has 0 saturated heterocycles. The van der Waals surface area contributed by atoms with Crippen molar-refractivity contribution in [1.82, 2.24) is 0 Å². The normalized spacial score (nSPS) is 11.7. The van der Waals surface area contributed by atoms with E-state index in [4.69, 9.17) is 0 Å². The molecule has 0 aliphatic heterocycles. The fourth-order valence-corrected chi connectivity index (χ4v) is 3.72. The molecule has 4 aromatic carbocycles. The van der Waals surface area contributed by atoms with Gasteiger partial charge in [-0.1, -0.05) is 78.4 Å². The molecule has 23 heavy (non-hydrogen) atoms. The van der Waals surface area contributed by atoms with Crippen LogP contribution in [0, 0.1) is 6.92 Å². The maximum Gasteiger partial charge on any atom is -0.00264 e. The molecule has 0 nitrogen and oxygen atoms in total. The highest BCUT2D eigenvalue weighted by atomic mass is 14.2. The SMILES string of the molecule is Cc1ccc(-c2ccc3c(c2)-c2cccc4cccc-3c24)cc1. The van der Waals surface area contributed by atoms with E-state index in [2.05, 4.69) is 85.8 Å². The van der Waals surface area contributed by atoms with Gasteiger partial charge in [0.15, 0.2) is 0 Å². The zero-order valence-electron chi connectivity index (χ0n) is 13.0. The standard InChI is InChI=1S/C23H16/c1-15-8-10-16(11-9-15)18-12-13-19-20-6-2-4-17-5-3-7-21(23(17)20)22(19)14-18/h2-14H,1H3. The van der Waals surface area contributed by atoms with Crippen LogP contribution >= 0.6 is 0 Å². The molecule has 0 unspecified atom stereocenters. The van der Waals surface area contributed by atoms with E-state index < -0.39 is 0 Å². The number of rotatable bonds is 1. The Morgan fingerprint density at radius 1 is 0.522 bits per heavy atom. The molecule has 0 N–H and O–H groups in total. The molecule has 1 aliphatic carbocycles. The fraction of sp³-hybridized carbons (Fsp3) is 0.0435. The Morgan fingerprint density at radius 2 is 1.17 bits per heavy atom. The average Bonchev–Trinajstić information content (AvgIpc) is 2.92. The lowest BCUT2D eigenvalue weighted by atomic mass is 9.97. The number of hydrogen-bond donors (Lipinski definition) is 0. The third kappa shape index (κ3) is 1.78. The maximum absolute atomic E-state index is 2.34. The lowest BCUT2D eigenvalue weighted by Gasteiger charge is -2.07. The van der Waals surface area contributed by atoms with E-state index in [9.17, 15) is 0 Å². The summed E-state index contributed by atoms with van der Waals surface area (Å²) in [6, 6.07) is 28.8. The zero-order chi connectivity index (χ0) is 15.4. The largest absolute Gasteiger partial charge is 0.0610 e. The van der Waals surface area contributed by atoms with Crippen LogP contribution in [-0.2, 0) is 0 Å². The summed E-state index contributed by atoms with van der Waals surface area (Å²) in [6.45, 7) is 2.13. The van der Waals surface area contributed by atoms with Crippen molar-refractivity contribution in [2.75, 3.05) is 0 Å². The van der Waals surface area contributed by atoms with Gasteiger partial charge in [-0.3, -0.25) is 0 Å². The monoisotopic (exact) mass is 292 g/mol. The minimum Gasteiger partial charge on any atom is -0.0610 e. The first kappa shape index (κ1) is 12.7. The van der Waals surface area contributed by atoms with E-state index >= 15 is 0 Å². The highest BCUT2D eigenvalue weighted by Gasteiger charge is 2.21. The predicted molar refractivity (Wildman–Crippen MR) is 98.6 cm³/mol. The van der Waals surface area contributed by atoms with Crippen LogP contribution < -0.4 is 0 Å². The van der Waals surface area contributed by atoms with Crippen LogP contribution in [0.3, 0.4) is 0 Å². The topological polar surface area (TPSA) is 0 Å². The van der Waals surface area contributed by atoms with Gasteiger partial charge in [-0.05, 0) is 57.1 Å². The molecule has 0 heterocycles. The second-order valence-corrected chi connectivity index (χ2v) is 6.34. The summed E-state index contributed by atoms with van der Waals surface area (Å²) in [4.78, 5) is 0. The van der Waals surface area contributed by atoms with E-state index in [1.807, 2.05) is 0 Å². The molecule has 0 heteroatoms. The first-order valence-electron chi connectivity index (χ1n) is 8.05. The van der Waals surface area contributed by atoms with Crippen molar-refractivity contribution in [3.63, 3.8) is 0 Å². The minimum atomic E-state index is 1.28. The van der Waals surface area contributed by atoms with Gasteiger partial charge in [-0.15, -0.1) is 0 Å². The van der Waals surface area contributed by atoms with Crippen LogP contribution in [0.15, 0.2) is 78.9 Å². The average molecular weight is 292 g/mol. The zero-order valence-corrected chi connectivity index (χ0v) is 13.0. The second-order valence-electron chi connectivity index (χ2n) is 6.34. The van der Waals surface area contributed by atoms with Crippen LogP contribution in [-0.4, -0.2) is 0 Å². The Kier molecular flexibility index (Phi) is 2.51. The third-order valence-corrected chi connectivity index (χ3v) is 4.89. The van der Waals surface area contributed by atoms with Crippen LogP contribution in [0.2, 0.25) is 0 Å². The van der Waals surface area contributed by atoms with Gasteiger partial charge in [0.05, 0.1) is 0 Å². The molecule has 0 radical (unpaired) electrons. The van der Waals surface area contributed by atoms with Crippen LogP contribution in [0.1, 0.15) is 5.56 Å². The molecule has 5 rings (SSSR count). The van der Waals surface area contributed by atoms with Gasteiger partial charge in [0.1, 0.15) is 0 Å². The van der Waals surface area contributed by atoms with E-state index in [-0.39, 0.29) is 0 Å². The van der Waals surface area contributed by atoms with Crippen LogP contribution in [0.5, 0.6) is 0 Å². The summed E-state index contributed by atoms with van der Waals surface area (Å²) >= 11 is 0. The van der Waals surface area contributed by atoms with Crippen molar-refractivity contribution < 1.29 is 0 Å². The van der Waals surface area contributed by atoms with E-state index in [0.29, 0.717) is 0 Å². The number of hydrogen-bond acceptors (Lipinski definition) is 0. The lowest BCUT2D eigenvalue weighted by molar-refractivity contribution is 1.47. The molecule has 0 atom stereocenters. The predicted octanol–water partition coefficient (Wildman–Crippen LogP) is 6.46. The molecular weight excluding hydrogens is 276 g/mol. The van der Waals surface area contributed by atoms with Crippen LogP contribution in [0.4, 0.5) is 0 Å². The van der Waals surface area contributed by atoms with Crippen molar-refractivity contribution in [1.29, 1.82) is 0 Å². The van der Waals surface area contributed by atoms with Gasteiger partial charge in [0.2, 0.25) is 0 Å². The Morgan fingerprint density at radius 3 is 1.91 bits per heavy atom. The first-order chi connectivity index (χ1) is 11.3. The molecule has 0 spiro atoms. The van der Waals surface area contributed by atoms with Gasteiger partial charge in [0.25, 0.3) is 0 Å². The van der Waals surface area contributed by atoms with Gasteiger partial charge in [0, 0.05) is 0 Å². The molecular formula is C23H16. The van der Waals surface area contributed by atoms with Crippen molar-refractivity contribution in [2.45, 2.75) is 6.92 Å². The van der Waals surface area contributed by atoms with Crippen LogP contribution in [0.25, 0.3) is 44.2 Å². The molecule has 0 fully saturated rings. The molecule has 0 bridgehead atoms. The Balaban J connectivity index is 1.77. The fourth-order valence-electron chi connectivity index (χ4n) is 3.72. The molecule has 4 aromatic rings. The van der Waals surface area contributed by atoms with Crippen molar-refractivity contribution in [3.8, 4) is 33.4 Å². The molecule has 1 aliphatic rings. The van der Waals surface area contributed by atoms with E-state index in [1.54, 1.807) is 0 Å². The highest BCUT2D eigenvalue weighted by molar-refractivity contribution is 6.15. The Bertz CT molecular complexity index is 1050. The summed E-state index contributed by atoms with van der Waals surface area (Å²) in [7, 11) is 0. The van der Waals surface area contributed by atoms with Gasteiger partial charge in [-0.2, -0.15) is 0 Å². The maximum atomic E-state index is 2.34.